The van der Waals surface area contributed by atoms with Gasteiger partial charge < -0.3 is 19.7 Å². The molecule has 0 saturated heterocycles. The number of phenols is 3. The van der Waals surface area contributed by atoms with Crippen molar-refractivity contribution in [2.45, 2.75) is 0 Å². The first-order chi connectivity index (χ1) is 9.56. The van der Waals surface area contributed by atoms with Crippen molar-refractivity contribution in [2.75, 3.05) is 0 Å². The van der Waals surface area contributed by atoms with E-state index in [1.165, 1.54) is 24.5 Å². The van der Waals surface area contributed by atoms with Crippen LogP contribution in [-0.4, -0.2) is 15.3 Å². The van der Waals surface area contributed by atoms with Gasteiger partial charge in [0.1, 0.15) is 34.5 Å². The molecule has 5 heteroatoms. The largest absolute Gasteiger partial charge is 0.508 e. The summed E-state index contributed by atoms with van der Waals surface area (Å²) in [7, 11) is 0. The van der Waals surface area contributed by atoms with Crippen LogP contribution in [0.1, 0.15) is 4.28 Å². The fourth-order valence-corrected chi connectivity index (χ4v) is 2.06. The number of rotatable bonds is 1. The van der Waals surface area contributed by atoms with Crippen LogP contribution in [0, 0.1) is 0 Å². The van der Waals surface area contributed by atoms with Crippen LogP contribution in [-0.2, 0) is 0 Å². The van der Waals surface area contributed by atoms with Gasteiger partial charge in [0, 0.05) is 16.4 Å². The van der Waals surface area contributed by atoms with Crippen LogP contribution in [0.4, 0.5) is 0 Å². The van der Waals surface area contributed by atoms with Gasteiger partial charge in [0.05, 0.1) is 5.56 Å². The summed E-state index contributed by atoms with van der Waals surface area (Å²) < 4.78 is 5.29. The molecule has 0 amide bonds. The fourth-order valence-electron chi connectivity index (χ4n) is 2.06. The highest BCUT2D eigenvalue weighted by molar-refractivity contribution is 5.87. The number of fused-ring (bicyclic) bond motifs is 1. The Hall–Kier alpha value is -2.95. The zero-order valence-electron chi connectivity index (χ0n) is 10.2. The van der Waals surface area contributed by atoms with Gasteiger partial charge in [0.2, 0.25) is 5.43 Å². The number of hydrogen-bond donors (Lipinski definition) is 3. The van der Waals surface area contributed by atoms with Gasteiger partial charge in [-0.2, -0.15) is 0 Å². The maximum Gasteiger partial charge on any atom is 0.204 e. The number of phenolic OH excluding ortho intramolecular Hbond substituents is 3. The van der Waals surface area contributed by atoms with E-state index in [1.54, 1.807) is 12.1 Å². The Kier molecular flexibility index (Phi) is 2.61. The lowest BCUT2D eigenvalue weighted by molar-refractivity contribution is 0.452. The SMILES string of the molecule is O=c1c(-c2ccc(O)cc2)coc2cc(O)cc(O)c12.[HH].[HH].[HH]. The van der Waals surface area contributed by atoms with Crippen LogP contribution in [0.2, 0.25) is 0 Å². The lowest BCUT2D eigenvalue weighted by atomic mass is 10.0. The molecule has 0 bridgehead atoms. The fraction of sp³-hybridized carbons (Fsp3) is 0. The van der Waals surface area contributed by atoms with Gasteiger partial charge in [-0.15, -0.1) is 0 Å². The molecule has 5 nitrogen and oxygen atoms in total. The highest BCUT2D eigenvalue weighted by Crippen LogP contribution is 2.29. The number of aromatic hydroxyl groups is 3. The van der Waals surface area contributed by atoms with E-state index in [4.69, 9.17) is 4.42 Å². The van der Waals surface area contributed by atoms with Crippen molar-refractivity contribution in [3.05, 3.63) is 52.9 Å². The molecule has 0 aliphatic carbocycles. The van der Waals surface area contributed by atoms with Gasteiger partial charge in [-0.05, 0) is 17.7 Å². The molecule has 1 heterocycles. The first-order valence-corrected chi connectivity index (χ1v) is 5.83. The van der Waals surface area contributed by atoms with E-state index < -0.39 is 5.43 Å². The van der Waals surface area contributed by atoms with Crippen LogP contribution in [0.3, 0.4) is 0 Å². The van der Waals surface area contributed by atoms with E-state index in [2.05, 4.69) is 0 Å². The standard InChI is InChI=1S/C15H10O5.3H2/c16-9-3-1-8(2-4-9)11-7-20-13-6-10(17)5-12(18)14(13)15(11)19;;;/h1-7,16-18H;3*1H. The van der Waals surface area contributed by atoms with Crippen molar-refractivity contribution in [3.63, 3.8) is 0 Å². The normalized spacial score (nSPS) is 10.8. The molecular formula is C15H16O5. The molecule has 0 fully saturated rings. The average Bonchev–Trinajstić information content (AvgIpc) is 2.39. The quantitative estimate of drug-likeness (QED) is 0.634. The Morgan fingerprint density at radius 2 is 1.65 bits per heavy atom. The van der Waals surface area contributed by atoms with Crippen LogP contribution >= 0.6 is 0 Å². The van der Waals surface area contributed by atoms with Gasteiger partial charge in [0.25, 0.3) is 0 Å². The minimum atomic E-state index is -0.408. The Bertz CT molecular complexity index is 859. The van der Waals surface area contributed by atoms with E-state index in [1.807, 2.05) is 0 Å². The Labute approximate surface area is 117 Å². The zero-order valence-corrected chi connectivity index (χ0v) is 10.2. The summed E-state index contributed by atoms with van der Waals surface area (Å²) in [5, 5.41) is 28.4. The maximum atomic E-state index is 12.4. The minimum Gasteiger partial charge on any atom is -0.508 e. The molecule has 3 aromatic rings. The summed E-state index contributed by atoms with van der Waals surface area (Å²) in [6.45, 7) is 0. The molecule has 0 aliphatic rings. The number of benzene rings is 2. The molecule has 3 N–H and O–H groups in total. The van der Waals surface area contributed by atoms with Gasteiger partial charge in [-0.3, -0.25) is 4.79 Å². The lowest BCUT2D eigenvalue weighted by Gasteiger charge is -2.05. The predicted molar refractivity (Wildman–Crippen MR) is 79.3 cm³/mol. The monoisotopic (exact) mass is 276 g/mol. The second-order valence-electron chi connectivity index (χ2n) is 4.36. The third kappa shape index (κ3) is 1.85. The molecule has 0 unspecified atom stereocenters. The molecule has 20 heavy (non-hydrogen) atoms. The first kappa shape index (κ1) is 12.1. The molecule has 0 saturated carbocycles. The van der Waals surface area contributed by atoms with Crippen molar-refractivity contribution in [1.29, 1.82) is 0 Å². The zero-order chi connectivity index (χ0) is 14.3. The molecule has 106 valence electrons. The van der Waals surface area contributed by atoms with Gasteiger partial charge >= 0.3 is 0 Å². The smallest absolute Gasteiger partial charge is 0.204 e. The summed E-state index contributed by atoms with van der Waals surface area (Å²) in [6, 6.07) is 8.40. The Balaban J connectivity index is 0.00000161. The van der Waals surface area contributed by atoms with Gasteiger partial charge in [-0.1, -0.05) is 12.1 Å². The van der Waals surface area contributed by atoms with Crippen molar-refractivity contribution in [2.24, 2.45) is 0 Å². The lowest BCUT2D eigenvalue weighted by Crippen LogP contribution is -2.04. The summed E-state index contributed by atoms with van der Waals surface area (Å²) in [5.41, 5.74) is 0.522. The van der Waals surface area contributed by atoms with Crippen molar-refractivity contribution < 1.29 is 24.0 Å². The van der Waals surface area contributed by atoms with Crippen molar-refractivity contribution in [1.82, 2.24) is 0 Å². The van der Waals surface area contributed by atoms with Crippen molar-refractivity contribution >= 4 is 11.0 Å². The van der Waals surface area contributed by atoms with Gasteiger partial charge in [0.15, 0.2) is 0 Å². The first-order valence-electron chi connectivity index (χ1n) is 5.83. The predicted octanol–water partition coefficient (Wildman–Crippen LogP) is 3.31. The molecule has 0 radical (unpaired) electrons. The molecule has 0 atom stereocenters. The van der Waals surface area contributed by atoms with E-state index >= 15 is 0 Å². The highest BCUT2D eigenvalue weighted by Gasteiger charge is 2.13. The van der Waals surface area contributed by atoms with E-state index in [0.29, 0.717) is 5.56 Å². The second kappa shape index (κ2) is 4.31. The molecule has 3 rings (SSSR count). The average molecular weight is 276 g/mol. The third-order valence-corrected chi connectivity index (χ3v) is 3.02. The van der Waals surface area contributed by atoms with E-state index in [9.17, 15) is 20.1 Å². The Morgan fingerprint density at radius 1 is 0.950 bits per heavy atom. The molecule has 0 aliphatic heterocycles. The third-order valence-electron chi connectivity index (χ3n) is 3.02. The molecule has 0 spiro atoms. The minimum absolute atomic E-state index is 0. The van der Waals surface area contributed by atoms with Gasteiger partial charge in [-0.25, -0.2) is 0 Å². The highest BCUT2D eigenvalue weighted by atomic mass is 16.3. The second-order valence-corrected chi connectivity index (χ2v) is 4.36. The maximum absolute atomic E-state index is 12.4. The van der Waals surface area contributed by atoms with Crippen molar-refractivity contribution in [3.8, 4) is 28.4 Å². The summed E-state index contributed by atoms with van der Waals surface area (Å²) in [6.07, 6.45) is 1.26. The van der Waals surface area contributed by atoms with Crippen LogP contribution in [0.15, 0.2) is 51.9 Å². The summed E-state index contributed by atoms with van der Waals surface area (Å²) in [4.78, 5) is 12.4. The van der Waals surface area contributed by atoms with Crippen LogP contribution < -0.4 is 5.43 Å². The van der Waals surface area contributed by atoms with E-state index in [0.717, 1.165) is 6.07 Å². The summed E-state index contributed by atoms with van der Waals surface area (Å²) in [5.74, 6) is -0.434. The Morgan fingerprint density at radius 3 is 2.35 bits per heavy atom. The topological polar surface area (TPSA) is 90.9 Å². The molecule has 2 aromatic carbocycles. The van der Waals surface area contributed by atoms with E-state index in [-0.39, 0.29) is 38.1 Å². The van der Waals surface area contributed by atoms with Crippen LogP contribution in [0.5, 0.6) is 17.2 Å². The van der Waals surface area contributed by atoms with Crippen LogP contribution in [0.25, 0.3) is 22.1 Å². The molecule has 1 aromatic heterocycles. The molecular weight excluding hydrogens is 260 g/mol. The summed E-state index contributed by atoms with van der Waals surface area (Å²) >= 11 is 0. The number of hydrogen-bond acceptors (Lipinski definition) is 5.